The summed E-state index contributed by atoms with van der Waals surface area (Å²) in [7, 11) is 0. The lowest BCUT2D eigenvalue weighted by Crippen LogP contribution is -2.39. The second-order valence-corrected chi connectivity index (χ2v) is 6.23. The molecule has 1 amide bonds. The van der Waals surface area contributed by atoms with Crippen molar-refractivity contribution in [2.24, 2.45) is 5.92 Å². The molecule has 1 unspecified atom stereocenters. The third kappa shape index (κ3) is 2.94. The van der Waals surface area contributed by atoms with Crippen LogP contribution in [0.5, 0.6) is 0 Å². The Morgan fingerprint density at radius 1 is 1.40 bits per heavy atom. The minimum atomic E-state index is -0.157. The van der Waals surface area contributed by atoms with Gasteiger partial charge in [0.1, 0.15) is 4.88 Å². The number of amides is 1. The summed E-state index contributed by atoms with van der Waals surface area (Å²) in [6.07, 6.45) is 0.550. The van der Waals surface area contributed by atoms with E-state index in [4.69, 9.17) is 10.8 Å². The number of thiophene rings is 1. The molecule has 0 aliphatic rings. The highest BCUT2D eigenvalue weighted by atomic mass is 32.1. The molecule has 4 nitrogen and oxygen atoms in total. The Hall–Kier alpha value is -1.59. The lowest BCUT2D eigenvalue weighted by molar-refractivity contribution is 0.0921. The van der Waals surface area contributed by atoms with Crippen molar-refractivity contribution >= 4 is 33.0 Å². The molecule has 0 aliphatic carbocycles. The summed E-state index contributed by atoms with van der Waals surface area (Å²) in [6.45, 7) is 4.11. The number of nitrogens with one attached hydrogen (secondary N) is 1. The first-order valence-corrected chi connectivity index (χ1v) is 7.55. The van der Waals surface area contributed by atoms with Gasteiger partial charge in [0.05, 0.1) is 5.69 Å². The van der Waals surface area contributed by atoms with E-state index in [1.807, 2.05) is 38.1 Å². The fourth-order valence-electron chi connectivity index (χ4n) is 2.18. The van der Waals surface area contributed by atoms with Gasteiger partial charge in [0.25, 0.3) is 5.91 Å². The molecule has 5 heteroatoms. The summed E-state index contributed by atoms with van der Waals surface area (Å²) in [5, 5.41) is 13.0. The second kappa shape index (κ2) is 6.24. The van der Waals surface area contributed by atoms with Crippen LogP contribution in [0, 0.1) is 5.92 Å². The predicted octanol–water partition coefficient (Wildman–Crippen LogP) is 2.62. The number of nitrogen functional groups attached to an aromatic ring is 1. The summed E-state index contributed by atoms with van der Waals surface area (Å²) >= 11 is 1.40. The number of hydrogen-bond donors (Lipinski definition) is 3. The number of carbonyl (C=O) groups is 1. The van der Waals surface area contributed by atoms with Gasteiger partial charge in [-0.15, -0.1) is 11.3 Å². The lowest BCUT2D eigenvalue weighted by Gasteiger charge is -2.21. The highest BCUT2D eigenvalue weighted by molar-refractivity contribution is 7.21. The highest BCUT2D eigenvalue weighted by Gasteiger charge is 2.20. The molecule has 0 aliphatic heterocycles. The highest BCUT2D eigenvalue weighted by Crippen LogP contribution is 2.33. The third-order valence-electron chi connectivity index (χ3n) is 3.40. The Morgan fingerprint density at radius 2 is 2.10 bits per heavy atom. The first-order chi connectivity index (χ1) is 9.54. The first kappa shape index (κ1) is 14.8. The van der Waals surface area contributed by atoms with Gasteiger partial charge in [0.15, 0.2) is 0 Å². The normalized spacial score (nSPS) is 12.8. The van der Waals surface area contributed by atoms with E-state index in [1.165, 1.54) is 11.3 Å². The number of nitrogens with two attached hydrogens (primary N) is 1. The molecule has 0 saturated carbocycles. The van der Waals surface area contributed by atoms with Crippen molar-refractivity contribution in [3.8, 4) is 0 Å². The van der Waals surface area contributed by atoms with Crippen molar-refractivity contribution in [2.75, 3.05) is 12.3 Å². The molecule has 0 radical (unpaired) electrons. The van der Waals surface area contributed by atoms with E-state index in [0.29, 0.717) is 17.0 Å². The standard InChI is InChI=1S/C15H20N2O2S/c1-9(2)11(7-8-18)17-15(19)14-13(16)10-5-3-4-6-12(10)20-14/h3-6,9,11,18H,7-8,16H2,1-2H3,(H,17,19). The second-order valence-electron chi connectivity index (χ2n) is 5.18. The number of anilines is 1. The van der Waals surface area contributed by atoms with Crippen molar-refractivity contribution in [1.82, 2.24) is 5.32 Å². The van der Waals surface area contributed by atoms with E-state index in [9.17, 15) is 4.79 Å². The van der Waals surface area contributed by atoms with Crippen LogP contribution in [0.3, 0.4) is 0 Å². The van der Waals surface area contributed by atoms with Crippen molar-refractivity contribution in [3.63, 3.8) is 0 Å². The van der Waals surface area contributed by atoms with Crippen LogP contribution in [0.4, 0.5) is 5.69 Å². The van der Waals surface area contributed by atoms with Gasteiger partial charge in [-0.05, 0) is 18.4 Å². The molecular weight excluding hydrogens is 272 g/mol. The van der Waals surface area contributed by atoms with Crippen LogP contribution >= 0.6 is 11.3 Å². The minimum absolute atomic E-state index is 0.0443. The molecule has 4 N–H and O–H groups in total. The van der Waals surface area contributed by atoms with Crippen molar-refractivity contribution in [1.29, 1.82) is 0 Å². The fraction of sp³-hybridized carbons (Fsp3) is 0.400. The maximum atomic E-state index is 12.4. The van der Waals surface area contributed by atoms with Crippen molar-refractivity contribution in [3.05, 3.63) is 29.1 Å². The van der Waals surface area contributed by atoms with Gasteiger partial charge in [0, 0.05) is 22.7 Å². The average molecular weight is 292 g/mol. The number of hydrogen-bond acceptors (Lipinski definition) is 4. The zero-order valence-corrected chi connectivity index (χ0v) is 12.5. The third-order valence-corrected chi connectivity index (χ3v) is 4.59. The van der Waals surface area contributed by atoms with Crippen LogP contribution in [0.25, 0.3) is 10.1 Å². The van der Waals surface area contributed by atoms with Gasteiger partial charge in [0.2, 0.25) is 0 Å². The number of fused-ring (bicyclic) bond motifs is 1. The summed E-state index contributed by atoms with van der Waals surface area (Å²) < 4.78 is 1.01. The molecule has 0 spiro atoms. The Kier molecular flexibility index (Phi) is 4.62. The molecule has 2 rings (SSSR count). The van der Waals surface area contributed by atoms with Gasteiger partial charge in [-0.2, -0.15) is 0 Å². The van der Waals surface area contributed by atoms with Crippen LogP contribution in [0.1, 0.15) is 29.9 Å². The summed E-state index contributed by atoms with van der Waals surface area (Å²) in [5.74, 6) is 0.109. The van der Waals surface area contributed by atoms with Gasteiger partial charge in [-0.25, -0.2) is 0 Å². The maximum Gasteiger partial charge on any atom is 0.263 e. The maximum absolute atomic E-state index is 12.4. The van der Waals surface area contributed by atoms with Crippen LogP contribution in [0.2, 0.25) is 0 Å². The Labute approximate surface area is 122 Å². The number of carbonyl (C=O) groups excluding carboxylic acids is 1. The zero-order chi connectivity index (χ0) is 14.7. The molecule has 108 valence electrons. The molecule has 1 aromatic carbocycles. The molecule has 0 bridgehead atoms. The van der Waals surface area contributed by atoms with Crippen molar-refractivity contribution in [2.45, 2.75) is 26.3 Å². The lowest BCUT2D eigenvalue weighted by atomic mass is 10.0. The van der Waals surface area contributed by atoms with Crippen LogP contribution in [-0.4, -0.2) is 23.7 Å². The number of benzene rings is 1. The van der Waals surface area contributed by atoms with Gasteiger partial charge < -0.3 is 16.2 Å². The van der Waals surface area contributed by atoms with Gasteiger partial charge in [-0.3, -0.25) is 4.79 Å². The molecular formula is C15H20N2O2S. The Morgan fingerprint density at radius 3 is 2.70 bits per heavy atom. The Bertz CT molecular complexity index is 607. The summed E-state index contributed by atoms with van der Waals surface area (Å²) in [5.41, 5.74) is 6.60. The molecule has 20 heavy (non-hydrogen) atoms. The number of aliphatic hydroxyl groups excluding tert-OH is 1. The summed E-state index contributed by atoms with van der Waals surface area (Å²) in [6, 6.07) is 7.68. The molecule has 0 saturated heterocycles. The summed E-state index contributed by atoms with van der Waals surface area (Å²) in [4.78, 5) is 12.9. The minimum Gasteiger partial charge on any atom is -0.397 e. The van der Waals surface area contributed by atoms with E-state index in [-0.39, 0.29) is 24.5 Å². The molecule has 1 heterocycles. The monoisotopic (exact) mass is 292 g/mol. The van der Waals surface area contributed by atoms with E-state index in [1.54, 1.807) is 0 Å². The molecule has 1 atom stereocenters. The number of rotatable bonds is 5. The molecule has 2 aromatic rings. The van der Waals surface area contributed by atoms with E-state index >= 15 is 0 Å². The SMILES string of the molecule is CC(C)C(CCO)NC(=O)c1sc2ccccc2c1N. The van der Waals surface area contributed by atoms with Crippen molar-refractivity contribution < 1.29 is 9.90 Å². The van der Waals surface area contributed by atoms with Gasteiger partial charge >= 0.3 is 0 Å². The smallest absolute Gasteiger partial charge is 0.263 e. The van der Waals surface area contributed by atoms with Crippen LogP contribution in [-0.2, 0) is 0 Å². The largest absolute Gasteiger partial charge is 0.397 e. The topological polar surface area (TPSA) is 75.3 Å². The Balaban J connectivity index is 2.24. The molecule has 1 aromatic heterocycles. The quantitative estimate of drug-likeness (QED) is 0.793. The average Bonchev–Trinajstić information content (AvgIpc) is 2.76. The van der Waals surface area contributed by atoms with E-state index in [2.05, 4.69) is 5.32 Å². The van der Waals surface area contributed by atoms with Crippen LogP contribution in [0.15, 0.2) is 24.3 Å². The molecule has 0 fully saturated rings. The zero-order valence-electron chi connectivity index (χ0n) is 11.7. The van der Waals surface area contributed by atoms with E-state index in [0.717, 1.165) is 10.1 Å². The fourth-order valence-corrected chi connectivity index (χ4v) is 3.21. The van der Waals surface area contributed by atoms with E-state index < -0.39 is 0 Å². The number of aliphatic hydroxyl groups is 1. The first-order valence-electron chi connectivity index (χ1n) is 6.73. The predicted molar refractivity (Wildman–Crippen MR) is 84.0 cm³/mol. The van der Waals surface area contributed by atoms with Crippen LogP contribution < -0.4 is 11.1 Å². The van der Waals surface area contributed by atoms with Gasteiger partial charge in [-0.1, -0.05) is 32.0 Å².